The van der Waals surface area contributed by atoms with Gasteiger partial charge in [-0.2, -0.15) is 0 Å². The second-order valence-corrected chi connectivity index (χ2v) is 18.4. The molecule has 0 spiro atoms. The van der Waals surface area contributed by atoms with Gasteiger partial charge in [0.05, 0.1) is 0 Å². The number of ether oxygens (including phenoxy) is 1. The Hall–Kier alpha value is -1.06. The molecule has 0 aliphatic rings. The lowest BCUT2D eigenvalue weighted by molar-refractivity contribution is -0.150. The van der Waals surface area contributed by atoms with Crippen LogP contribution in [-0.4, -0.2) is 23.1 Å². The van der Waals surface area contributed by atoms with E-state index in [0.29, 0.717) is 6.42 Å². The third-order valence-corrected chi connectivity index (χ3v) is 12.6. The number of esters is 1. The Kier molecular flexibility index (Phi) is 48.4. The summed E-state index contributed by atoms with van der Waals surface area (Å²) in [7, 11) is 0. The minimum Gasteiger partial charge on any atom is -0.481 e. The van der Waals surface area contributed by atoms with E-state index in [1.54, 1.807) is 0 Å². The fraction of sp³-hybridized carbons (Fsp3) is 0.962. The summed E-state index contributed by atoms with van der Waals surface area (Å²) in [4.78, 5) is 23.6. The normalized spacial score (nSPS) is 12.0. The number of rotatable bonds is 50. The number of aliphatic carboxylic acids is 1. The van der Waals surface area contributed by atoms with Crippen molar-refractivity contribution < 1.29 is 19.4 Å². The molecule has 0 saturated heterocycles. The van der Waals surface area contributed by atoms with Gasteiger partial charge in [-0.15, -0.1) is 0 Å². The van der Waals surface area contributed by atoms with E-state index in [2.05, 4.69) is 13.8 Å². The highest BCUT2D eigenvalue weighted by Crippen LogP contribution is 2.20. The Morgan fingerprint density at radius 3 is 0.772 bits per heavy atom. The van der Waals surface area contributed by atoms with Crippen LogP contribution in [0.4, 0.5) is 0 Å². The Morgan fingerprint density at radius 1 is 0.316 bits per heavy atom. The molecule has 4 heteroatoms. The SMILES string of the molecule is CCCCCCCCCCCCCCCCCCCCCCCCCC(=O)OC(CCCCCCCCCCCCCCCCCC)CCCCCCCC(=O)O. The van der Waals surface area contributed by atoms with Gasteiger partial charge in [-0.3, -0.25) is 9.59 Å². The van der Waals surface area contributed by atoms with Crippen LogP contribution < -0.4 is 0 Å². The van der Waals surface area contributed by atoms with Gasteiger partial charge in [-0.25, -0.2) is 0 Å². The maximum atomic E-state index is 12.8. The molecule has 1 unspecified atom stereocenters. The van der Waals surface area contributed by atoms with Crippen molar-refractivity contribution in [3.05, 3.63) is 0 Å². The quantitative estimate of drug-likeness (QED) is 0.0491. The molecule has 0 aliphatic carbocycles. The smallest absolute Gasteiger partial charge is 0.306 e. The largest absolute Gasteiger partial charge is 0.481 e. The molecule has 1 N–H and O–H groups in total. The van der Waals surface area contributed by atoms with Crippen molar-refractivity contribution in [2.75, 3.05) is 0 Å². The summed E-state index contributed by atoms with van der Waals surface area (Å²) in [6.07, 6.45) is 61.7. The van der Waals surface area contributed by atoms with Crippen LogP contribution in [-0.2, 0) is 14.3 Å². The molecule has 0 aromatic carbocycles. The summed E-state index contributed by atoms with van der Waals surface area (Å²) < 4.78 is 6.07. The van der Waals surface area contributed by atoms with Crippen molar-refractivity contribution in [3.8, 4) is 0 Å². The highest BCUT2D eigenvalue weighted by atomic mass is 16.5. The maximum absolute atomic E-state index is 12.8. The molecule has 0 radical (unpaired) electrons. The Labute approximate surface area is 358 Å². The zero-order valence-electron chi connectivity index (χ0n) is 39.2. The minimum atomic E-state index is -0.693. The molecular weight excluding hydrogens is 701 g/mol. The zero-order valence-corrected chi connectivity index (χ0v) is 39.2. The Balaban J connectivity index is 3.84. The third kappa shape index (κ3) is 49.2. The van der Waals surface area contributed by atoms with Crippen molar-refractivity contribution in [1.29, 1.82) is 0 Å². The summed E-state index contributed by atoms with van der Waals surface area (Å²) in [5, 5.41) is 8.88. The molecule has 0 rings (SSSR count). The second kappa shape index (κ2) is 49.3. The van der Waals surface area contributed by atoms with Crippen LogP contribution in [0.2, 0.25) is 0 Å². The van der Waals surface area contributed by atoms with E-state index in [9.17, 15) is 9.59 Å². The molecule has 0 fully saturated rings. The first-order valence-corrected chi connectivity index (χ1v) is 26.5. The summed E-state index contributed by atoms with van der Waals surface area (Å²) >= 11 is 0. The fourth-order valence-corrected chi connectivity index (χ4v) is 8.66. The van der Waals surface area contributed by atoms with E-state index in [-0.39, 0.29) is 18.5 Å². The van der Waals surface area contributed by atoms with E-state index < -0.39 is 5.97 Å². The summed E-state index contributed by atoms with van der Waals surface area (Å²) in [5.41, 5.74) is 0. The number of carbonyl (C=O) groups is 2. The van der Waals surface area contributed by atoms with Crippen molar-refractivity contribution in [2.24, 2.45) is 0 Å². The van der Waals surface area contributed by atoms with Crippen molar-refractivity contribution in [1.82, 2.24) is 0 Å². The highest BCUT2D eigenvalue weighted by Gasteiger charge is 2.14. The van der Waals surface area contributed by atoms with Crippen LogP contribution in [0.3, 0.4) is 0 Å². The van der Waals surface area contributed by atoms with Gasteiger partial charge in [0.2, 0.25) is 0 Å². The molecule has 340 valence electrons. The summed E-state index contributed by atoms with van der Waals surface area (Å²) in [5.74, 6) is -0.678. The molecule has 1 atom stereocenters. The molecule has 57 heavy (non-hydrogen) atoms. The fourth-order valence-electron chi connectivity index (χ4n) is 8.66. The predicted octanol–water partition coefficient (Wildman–Crippen LogP) is 18.7. The van der Waals surface area contributed by atoms with Crippen molar-refractivity contribution >= 4 is 11.9 Å². The first-order valence-electron chi connectivity index (χ1n) is 26.5. The minimum absolute atomic E-state index is 0.0152. The Morgan fingerprint density at radius 2 is 0.526 bits per heavy atom. The standard InChI is InChI=1S/C53H104O4/c1-3-5-7-9-11-13-15-17-19-21-22-23-24-25-26-27-29-31-33-35-37-42-46-50-53(56)57-51(48-44-40-38-41-45-49-52(54)55)47-43-39-36-34-32-30-28-20-18-16-14-12-10-8-6-4-2/h51H,3-50H2,1-2H3,(H,54,55). The van der Waals surface area contributed by atoms with E-state index in [4.69, 9.17) is 9.84 Å². The average Bonchev–Trinajstić information content (AvgIpc) is 3.20. The molecule has 0 aromatic rings. The highest BCUT2D eigenvalue weighted by molar-refractivity contribution is 5.69. The number of hydrogen-bond acceptors (Lipinski definition) is 3. The molecule has 0 amide bonds. The molecule has 0 aromatic heterocycles. The van der Waals surface area contributed by atoms with Gasteiger partial charge in [0, 0.05) is 12.8 Å². The second-order valence-electron chi connectivity index (χ2n) is 18.4. The molecule has 0 saturated carbocycles. The lowest BCUT2D eigenvalue weighted by Gasteiger charge is -2.18. The van der Waals surface area contributed by atoms with Crippen LogP contribution in [0, 0.1) is 0 Å². The first kappa shape index (κ1) is 55.9. The number of hydrogen-bond donors (Lipinski definition) is 1. The van der Waals surface area contributed by atoms with Gasteiger partial charge in [-0.05, 0) is 38.5 Å². The molecule has 4 nitrogen and oxygen atoms in total. The molecule has 0 aliphatic heterocycles. The number of carboxylic acid groups (broad SMARTS) is 1. The summed E-state index contributed by atoms with van der Waals surface area (Å²) in [6.45, 7) is 4.59. The van der Waals surface area contributed by atoms with E-state index >= 15 is 0 Å². The number of unbranched alkanes of at least 4 members (excludes halogenated alkanes) is 41. The van der Waals surface area contributed by atoms with Crippen LogP contribution >= 0.6 is 0 Å². The average molecular weight is 805 g/mol. The molecular formula is C53H104O4. The monoisotopic (exact) mass is 805 g/mol. The van der Waals surface area contributed by atoms with Gasteiger partial charge >= 0.3 is 11.9 Å². The van der Waals surface area contributed by atoms with E-state index in [1.807, 2.05) is 0 Å². The lowest BCUT2D eigenvalue weighted by Crippen LogP contribution is -2.18. The molecule has 0 bridgehead atoms. The third-order valence-electron chi connectivity index (χ3n) is 12.6. The topological polar surface area (TPSA) is 63.6 Å². The zero-order chi connectivity index (χ0) is 41.4. The summed E-state index contributed by atoms with van der Waals surface area (Å²) in [6, 6.07) is 0. The van der Waals surface area contributed by atoms with Crippen LogP contribution in [0.25, 0.3) is 0 Å². The van der Waals surface area contributed by atoms with Gasteiger partial charge in [0.25, 0.3) is 0 Å². The van der Waals surface area contributed by atoms with Gasteiger partial charge in [0.15, 0.2) is 0 Å². The Bertz CT molecular complexity index is 781. The van der Waals surface area contributed by atoms with Crippen molar-refractivity contribution in [2.45, 2.75) is 328 Å². The van der Waals surface area contributed by atoms with Gasteiger partial charge in [-0.1, -0.05) is 271 Å². The van der Waals surface area contributed by atoms with Gasteiger partial charge in [0.1, 0.15) is 6.10 Å². The van der Waals surface area contributed by atoms with Crippen LogP contribution in [0.15, 0.2) is 0 Å². The van der Waals surface area contributed by atoms with Gasteiger partial charge < -0.3 is 9.84 Å². The number of carboxylic acids is 1. The maximum Gasteiger partial charge on any atom is 0.306 e. The van der Waals surface area contributed by atoms with Crippen molar-refractivity contribution in [3.63, 3.8) is 0 Å². The molecule has 0 heterocycles. The first-order chi connectivity index (χ1) is 28.1. The predicted molar refractivity (Wildman–Crippen MR) is 250 cm³/mol. The van der Waals surface area contributed by atoms with E-state index in [1.165, 1.54) is 231 Å². The van der Waals surface area contributed by atoms with E-state index in [0.717, 1.165) is 64.2 Å². The lowest BCUT2D eigenvalue weighted by atomic mass is 10.0. The van der Waals surface area contributed by atoms with Crippen LogP contribution in [0.1, 0.15) is 322 Å². The van der Waals surface area contributed by atoms with Crippen LogP contribution in [0.5, 0.6) is 0 Å². The number of carbonyl (C=O) groups excluding carboxylic acids is 1.